The Kier molecular flexibility index (Phi) is 9.32. The third kappa shape index (κ3) is 7.41. The van der Waals surface area contributed by atoms with Gasteiger partial charge < -0.3 is 10.2 Å². The summed E-state index contributed by atoms with van der Waals surface area (Å²) in [7, 11) is -4.16. The first kappa shape index (κ1) is 29.3. The van der Waals surface area contributed by atoms with Crippen molar-refractivity contribution in [3.05, 3.63) is 94.7 Å². The summed E-state index contributed by atoms with van der Waals surface area (Å²) < 4.78 is 43.6. The first-order valence-electron chi connectivity index (χ1n) is 12.0. The van der Waals surface area contributed by atoms with Crippen molar-refractivity contribution in [2.45, 2.75) is 50.7 Å². The molecule has 3 rings (SSSR count). The largest absolute Gasteiger partial charge is 0.350 e. The van der Waals surface area contributed by atoms with Crippen LogP contribution in [0.15, 0.2) is 88.2 Å². The van der Waals surface area contributed by atoms with Gasteiger partial charge in [-0.15, -0.1) is 0 Å². The smallest absolute Gasteiger partial charge is 0.264 e. The fourth-order valence-electron chi connectivity index (χ4n) is 3.75. The lowest BCUT2D eigenvalue weighted by atomic mass is 10.1. The van der Waals surface area contributed by atoms with Gasteiger partial charge in [0.2, 0.25) is 11.8 Å². The van der Waals surface area contributed by atoms with Gasteiger partial charge in [0.15, 0.2) is 0 Å². The number of nitrogens with zero attached hydrogens (tertiary/aromatic N) is 2. The lowest BCUT2D eigenvalue weighted by Gasteiger charge is -2.33. The molecule has 202 valence electrons. The lowest BCUT2D eigenvalue weighted by Crippen LogP contribution is -2.54. The van der Waals surface area contributed by atoms with Crippen LogP contribution in [-0.2, 0) is 26.2 Å². The Morgan fingerprint density at radius 3 is 2.21 bits per heavy atom. The maximum absolute atomic E-state index is 14.6. The highest BCUT2D eigenvalue weighted by atomic mass is 79.9. The van der Waals surface area contributed by atoms with E-state index in [4.69, 9.17) is 0 Å². The van der Waals surface area contributed by atoms with Crippen LogP contribution in [0.4, 0.5) is 10.1 Å². The molecule has 0 aromatic heterocycles. The molecule has 0 aliphatic carbocycles. The van der Waals surface area contributed by atoms with Crippen molar-refractivity contribution < 1.29 is 22.4 Å². The Balaban J connectivity index is 2.04. The normalized spacial score (nSPS) is 12.5. The molecule has 0 bridgehead atoms. The van der Waals surface area contributed by atoms with E-state index in [1.165, 1.54) is 42.2 Å². The maximum atomic E-state index is 14.6. The van der Waals surface area contributed by atoms with Gasteiger partial charge in [-0.05, 0) is 64.1 Å². The second kappa shape index (κ2) is 12.1. The molecule has 10 heteroatoms. The summed E-state index contributed by atoms with van der Waals surface area (Å²) in [5, 5.41) is 2.84. The number of amides is 2. The molecule has 0 heterocycles. The van der Waals surface area contributed by atoms with E-state index in [1.807, 2.05) is 20.8 Å². The van der Waals surface area contributed by atoms with Gasteiger partial charge in [-0.25, -0.2) is 12.8 Å². The molecule has 7 nitrogen and oxygen atoms in total. The molecule has 0 aliphatic rings. The molecular formula is C28H31BrFN3O4S. The molecule has 0 saturated heterocycles. The molecule has 3 aromatic carbocycles. The fraction of sp³-hybridized carbons (Fsp3) is 0.286. The average Bonchev–Trinajstić information content (AvgIpc) is 2.85. The van der Waals surface area contributed by atoms with Gasteiger partial charge in [-0.1, -0.05) is 58.4 Å². The highest BCUT2D eigenvalue weighted by molar-refractivity contribution is 9.10. The highest BCUT2D eigenvalue weighted by Gasteiger charge is 2.33. The van der Waals surface area contributed by atoms with Gasteiger partial charge in [0.05, 0.1) is 10.6 Å². The van der Waals surface area contributed by atoms with Crippen LogP contribution in [0.2, 0.25) is 0 Å². The standard InChI is InChI=1S/C28H31BrFN3O4S/c1-20(27(35)31-28(2,3)4)32(18-21-11-8-9-16-25(21)30)26(34)19-33(23-13-10-12-22(29)17-23)38(36,37)24-14-6-5-7-15-24/h5-17,20H,18-19H2,1-4H3,(H,31,35)/t20-/m1/s1. The summed E-state index contributed by atoms with van der Waals surface area (Å²) in [6.07, 6.45) is 0. The van der Waals surface area contributed by atoms with Gasteiger partial charge in [0, 0.05) is 22.1 Å². The van der Waals surface area contributed by atoms with Crippen molar-refractivity contribution in [2.75, 3.05) is 10.8 Å². The summed E-state index contributed by atoms with van der Waals surface area (Å²) in [5.41, 5.74) is -0.109. The van der Waals surface area contributed by atoms with Crippen LogP contribution in [-0.4, -0.2) is 43.3 Å². The van der Waals surface area contributed by atoms with Crippen molar-refractivity contribution in [1.82, 2.24) is 10.2 Å². The summed E-state index contributed by atoms with van der Waals surface area (Å²) in [5.74, 6) is -1.64. The summed E-state index contributed by atoms with van der Waals surface area (Å²) in [6, 6.07) is 19.3. The van der Waals surface area contributed by atoms with Gasteiger partial charge >= 0.3 is 0 Å². The Morgan fingerprint density at radius 2 is 1.61 bits per heavy atom. The van der Waals surface area contributed by atoms with Crippen molar-refractivity contribution in [3.63, 3.8) is 0 Å². The van der Waals surface area contributed by atoms with E-state index in [9.17, 15) is 22.4 Å². The molecule has 0 fully saturated rings. The maximum Gasteiger partial charge on any atom is 0.264 e. The zero-order chi connectivity index (χ0) is 28.1. The topological polar surface area (TPSA) is 86.8 Å². The van der Waals surface area contributed by atoms with E-state index in [0.29, 0.717) is 4.47 Å². The van der Waals surface area contributed by atoms with E-state index in [1.54, 1.807) is 48.5 Å². The molecule has 0 spiro atoms. The second-order valence-electron chi connectivity index (χ2n) is 9.83. The highest BCUT2D eigenvalue weighted by Crippen LogP contribution is 2.27. The number of carbonyl (C=O) groups excluding carboxylic acids is 2. The van der Waals surface area contributed by atoms with Crippen LogP contribution in [0.25, 0.3) is 0 Å². The van der Waals surface area contributed by atoms with Crippen molar-refractivity contribution >= 4 is 43.5 Å². The van der Waals surface area contributed by atoms with Crippen LogP contribution in [0.1, 0.15) is 33.3 Å². The Labute approximate surface area is 231 Å². The number of hydrogen-bond donors (Lipinski definition) is 1. The third-order valence-electron chi connectivity index (χ3n) is 5.67. The molecule has 1 N–H and O–H groups in total. The van der Waals surface area contributed by atoms with E-state index < -0.39 is 45.8 Å². The number of anilines is 1. The number of sulfonamides is 1. The number of hydrogen-bond acceptors (Lipinski definition) is 4. The minimum Gasteiger partial charge on any atom is -0.350 e. The summed E-state index contributed by atoms with van der Waals surface area (Å²) in [4.78, 5) is 28.1. The van der Waals surface area contributed by atoms with E-state index in [-0.39, 0.29) is 22.7 Å². The molecule has 1 atom stereocenters. The SMILES string of the molecule is C[C@H](C(=O)NC(C)(C)C)N(Cc1ccccc1F)C(=O)CN(c1cccc(Br)c1)S(=O)(=O)c1ccccc1. The van der Waals surface area contributed by atoms with Gasteiger partial charge in [0.25, 0.3) is 10.0 Å². The summed E-state index contributed by atoms with van der Waals surface area (Å²) >= 11 is 3.36. The molecule has 2 amide bonds. The van der Waals surface area contributed by atoms with E-state index in [2.05, 4.69) is 21.2 Å². The molecule has 0 saturated carbocycles. The zero-order valence-corrected chi connectivity index (χ0v) is 24.1. The number of halogens is 2. The molecule has 0 radical (unpaired) electrons. The number of benzene rings is 3. The minimum absolute atomic E-state index is 0.00644. The molecule has 0 aliphatic heterocycles. The monoisotopic (exact) mass is 603 g/mol. The number of carbonyl (C=O) groups is 2. The van der Waals surface area contributed by atoms with Gasteiger partial charge in [-0.2, -0.15) is 0 Å². The lowest BCUT2D eigenvalue weighted by molar-refractivity contribution is -0.140. The first-order valence-corrected chi connectivity index (χ1v) is 14.2. The Bertz CT molecular complexity index is 1390. The number of nitrogens with one attached hydrogen (secondary N) is 1. The predicted molar refractivity (Wildman–Crippen MR) is 149 cm³/mol. The molecule has 0 unspecified atom stereocenters. The Hall–Kier alpha value is -3.24. The van der Waals surface area contributed by atoms with Crippen LogP contribution < -0.4 is 9.62 Å². The van der Waals surface area contributed by atoms with E-state index in [0.717, 1.165) is 4.31 Å². The van der Waals surface area contributed by atoms with Crippen molar-refractivity contribution in [3.8, 4) is 0 Å². The van der Waals surface area contributed by atoms with Crippen LogP contribution in [0.5, 0.6) is 0 Å². The number of rotatable bonds is 9. The van der Waals surface area contributed by atoms with E-state index >= 15 is 0 Å². The predicted octanol–water partition coefficient (Wildman–Crippen LogP) is 5.12. The van der Waals surface area contributed by atoms with Crippen LogP contribution in [0.3, 0.4) is 0 Å². The zero-order valence-electron chi connectivity index (χ0n) is 21.7. The molecule has 3 aromatic rings. The van der Waals surface area contributed by atoms with Crippen LogP contribution >= 0.6 is 15.9 Å². The third-order valence-corrected chi connectivity index (χ3v) is 7.95. The van der Waals surface area contributed by atoms with Crippen molar-refractivity contribution in [2.24, 2.45) is 0 Å². The fourth-order valence-corrected chi connectivity index (χ4v) is 5.56. The first-order chi connectivity index (χ1) is 17.8. The minimum atomic E-state index is -4.16. The second-order valence-corrected chi connectivity index (χ2v) is 12.6. The van der Waals surface area contributed by atoms with Gasteiger partial charge in [-0.3, -0.25) is 13.9 Å². The van der Waals surface area contributed by atoms with Gasteiger partial charge in [0.1, 0.15) is 18.4 Å². The summed E-state index contributed by atoms with van der Waals surface area (Å²) in [6.45, 7) is 6.14. The average molecular weight is 605 g/mol. The Morgan fingerprint density at radius 1 is 0.974 bits per heavy atom. The molecular weight excluding hydrogens is 573 g/mol. The van der Waals surface area contributed by atoms with Crippen LogP contribution in [0, 0.1) is 5.82 Å². The van der Waals surface area contributed by atoms with Crippen molar-refractivity contribution in [1.29, 1.82) is 0 Å². The molecule has 38 heavy (non-hydrogen) atoms. The quantitative estimate of drug-likeness (QED) is 0.368.